The molecule has 2 rings (SSSR count). The lowest BCUT2D eigenvalue weighted by molar-refractivity contribution is 0.00512. The maximum Gasteiger partial charge on any atom is 0.128 e. The predicted octanol–water partition coefficient (Wildman–Crippen LogP) is 2.56. The second kappa shape index (κ2) is 5.67. The molecule has 0 amide bonds. The highest BCUT2D eigenvalue weighted by atomic mass is 19.1. The number of halogens is 1. The fraction of sp³-hybridized carbons (Fsp3) is 0.571. The first-order valence-electron chi connectivity index (χ1n) is 6.40. The summed E-state index contributed by atoms with van der Waals surface area (Å²) in [5.74, 6) is -0.0735. The van der Waals surface area contributed by atoms with Gasteiger partial charge in [-0.3, -0.25) is 0 Å². The SMILES string of the molecule is C[C@H](O)c1ccc(F)cc1OC1CCCCC1O. The molecule has 1 aromatic rings. The maximum absolute atomic E-state index is 13.2. The molecule has 4 heteroatoms. The van der Waals surface area contributed by atoms with E-state index in [0.29, 0.717) is 17.7 Å². The quantitative estimate of drug-likeness (QED) is 0.871. The molecule has 3 atom stereocenters. The van der Waals surface area contributed by atoms with Crippen molar-refractivity contribution in [1.29, 1.82) is 0 Å². The Morgan fingerprint density at radius 1 is 1.33 bits per heavy atom. The van der Waals surface area contributed by atoms with Gasteiger partial charge in [-0.25, -0.2) is 4.39 Å². The van der Waals surface area contributed by atoms with Crippen LogP contribution in [-0.4, -0.2) is 22.4 Å². The van der Waals surface area contributed by atoms with Gasteiger partial charge in [0.1, 0.15) is 17.7 Å². The molecule has 1 aliphatic carbocycles. The lowest BCUT2D eigenvalue weighted by atomic mass is 9.94. The minimum Gasteiger partial charge on any atom is -0.487 e. The number of ether oxygens (including phenoxy) is 1. The van der Waals surface area contributed by atoms with Gasteiger partial charge in [-0.05, 0) is 38.3 Å². The molecule has 0 bridgehead atoms. The van der Waals surface area contributed by atoms with E-state index in [4.69, 9.17) is 4.74 Å². The normalized spacial score (nSPS) is 25.8. The van der Waals surface area contributed by atoms with Crippen LogP contribution in [-0.2, 0) is 0 Å². The van der Waals surface area contributed by atoms with Gasteiger partial charge < -0.3 is 14.9 Å². The third-order valence-electron chi connectivity index (χ3n) is 3.37. The Morgan fingerprint density at radius 3 is 2.72 bits per heavy atom. The van der Waals surface area contributed by atoms with Gasteiger partial charge in [0, 0.05) is 11.6 Å². The molecular weight excluding hydrogens is 235 g/mol. The van der Waals surface area contributed by atoms with Crippen molar-refractivity contribution in [2.75, 3.05) is 0 Å². The van der Waals surface area contributed by atoms with Crippen molar-refractivity contribution in [1.82, 2.24) is 0 Å². The summed E-state index contributed by atoms with van der Waals surface area (Å²) < 4.78 is 18.9. The van der Waals surface area contributed by atoms with E-state index in [-0.39, 0.29) is 6.10 Å². The number of aliphatic hydroxyl groups excluding tert-OH is 2. The number of benzene rings is 1. The first kappa shape index (κ1) is 13.3. The Labute approximate surface area is 106 Å². The summed E-state index contributed by atoms with van der Waals surface area (Å²) in [6.07, 6.45) is 1.93. The third kappa shape index (κ3) is 3.00. The van der Waals surface area contributed by atoms with Crippen molar-refractivity contribution in [2.24, 2.45) is 0 Å². The zero-order valence-electron chi connectivity index (χ0n) is 10.5. The molecule has 1 fully saturated rings. The van der Waals surface area contributed by atoms with Crippen molar-refractivity contribution in [3.8, 4) is 5.75 Å². The average Bonchev–Trinajstić information content (AvgIpc) is 2.32. The van der Waals surface area contributed by atoms with Crippen LogP contribution in [0.15, 0.2) is 18.2 Å². The maximum atomic E-state index is 13.2. The highest BCUT2D eigenvalue weighted by Gasteiger charge is 2.26. The van der Waals surface area contributed by atoms with E-state index >= 15 is 0 Å². The predicted molar refractivity (Wildman–Crippen MR) is 65.9 cm³/mol. The van der Waals surface area contributed by atoms with Crippen LogP contribution in [0.3, 0.4) is 0 Å². The molecule has 3 nitrogen and oxygen atoms in total. The van der Waals surface area contributed by atoms with Crippen LogP contribution in [0.4, 0.5) is 4.39 Å². The van der Waals surface area contributed by atoms with Crippen LogP contribution in [0.1, 0.15) is 44.3 Å². The van der Waals surface area contributed by atoms with Crippen LogP contribution in [0.2, 0.25) is 0 Å². The summed E-state index contributed by atoms with van der Waals surface area (Å²) in [4.78, 5) is 0. The van der Waals surface area contributed by atoms with E-state index in [1.54, 1.807) is 6.92 Å². The molecule has 0 heterocycles. The zero-order valence-corrected chi connectivity index (χ0v) is 10.5. The van der Waals surface area contributed by atoms with Crippen LogP contribution >= 0.6 is 0 Å². The van der Waals surface area contributed by atoms with Gasteiger partial charge in [0.05, 0.1) is 12.2 Å². The van der Waals surface area contributed by atoms with Gasteiger partial charge in [-0.2, -0.15) is 0 Å². The van der Waals surface area contributed by atoms with Crippen LogP contribution in [0, 0.1) is 5.82 Å². The molecule has 1 aliphatic rings. The Morgan fingerprint density at radius 2 is 2.06 bits per heavy atom. The summed E-state index contributed by atoms with van der Waals surface area (Å²) in [5, 5.41) is 19.5. The van der Waals surface area contributed by atoms with Gasteiger partial charge in [0.25, 0.3) is 0 Å². The molecule has 18 heavy (non-hydrogen) atoms. The summed E-state index contributed by atoms with van der Waals surface area (Å²) in [6, 6.07) is 4.08. The van der Waals surface area contributed by atoms with Gasteiger partial charge in [0.2, 0.25) is 0 Å². The van der Waals surface area contributed by atoms with Gasteiger partial charge in [0.15, 0.2) is 0 Å². The topological polar surface area (TPSA) is 49.7 Å². The molecule has 0 aromatic heterocycles. The fourth-order valence-corrected chi connectivity index (χ4v) is 2.33. The molecule has 100 valence electrons. The highest BCUT2D eigenvalue weighted by Crippen LogP contribution is 2.30. The van der Waals surface area contributed by atoms with Crippen molar-refractivity contribution in [3.05, 3.63) is 29.6 Å². The fourth-order valence-electron chi connectivity index (χ4n) is 2.33. The zero-order chi connectivity index (χ0) is 13.1. The van der Waals surface area contributed by atoms with Gasteiger partial charge in [-0.15, -0.1) is 0 Å². The first-order valence-corrected chi connectivity index (χ1v) is 6.40. The Hall–Kier alpha value is -1.13. The van der Waals surface area contributed by atoms with E-state index in [0.717, 1.165) is 19.3 Å². The molecule has 0 aliphatic heterocycles. The van der Waals surface area contributed by atoms with E-state index in [2.05, 4.69) is 0 Å². The summed E-state index contributed by atoms with van der Waals surface area (Å²) in [6.45, 7) is 1.61. The van der Waals surface area contributed by atoms with E-state index in [1.165, 1.54) is 18.2 Å². The number of aliphatic hydroxyl groups is 2. The lowest BCUT2D eigenvalue weighted by Crippen LogP contribution is -2.34. The molecule has 0 spiro atoms. The van der Waals surface area contributed by atoms with E-state index in [9.17, 15) is 14.6 Å². The Balaban J connectivity index is 2.18. The summed E-state index contributed by atoms with van der Waals surface area (Å²) >= 11 is 0. The number of rotatable bonds is 3. The van der Waals surface area contributed by atoms with Crippen molar-refractivity contribution in [2.45, 2.75) is 50.9 Å². The monoisotopic (exact) mass is 254 g/mol. The first-order chi connectivity index (χ1) is 8.58. The molecule has 1 aromatic carbocycles. The Bertz CT molecular complexity index is 406. The standard InChI is InChI=1S/C14H19FO3/c1-9(16)11-7-6-10(15)8-14(11)18-13-5-3-2-4-12(13)17/h6-9,12-13,16-17H,2-5H2,1H3/t9-,12?,13?/m0/s1. The summed E-state index contributed by atoms with van der Waals surface area (Å²) in [7, 11) is 0. The van der Waals surface area contributed by atoms with Crippen molar-refractivity contribution in [3.63, 3.8) is 0 Å². The van der Waals surface area contributed by atoms with Gasteiger partial charge >= 0.3 is 0 Å². The van der Waals surface area contributed by atoms with Crippen LogP contribution in [0.25, 0.3) is 0 Å². The van der Waals surface area contributed by atoms with Crippen LogP contribution < -0.4 is 4.74 Å². The molecule has 0 saturated heterocycles. The molecule has 2 unspecified atom stereocenters. The Kier molecular flexibility index (Phi) is 4.19. The number of hydrogen-bond donors (Lipinski definition) is 2. The molecule has 0 radical (unpaired) electrons. The second-order valence-electron chi connectivity index (χ2n) is 4.87. The third-order valence-corrected chi connectivity index (χ3v) is 3.37. The lowest BCUT2D eigenvalue weighted by Gasteiger charge is -2.29. The highest BCUT2D eigenvalue weighted by molar-refractivity contribution is 5.35. The van der Waals surface area contributed by atoms with Gasteiger partial charge in [-0.1, -0.05) is 6.42 Å². The van der Waals surface area contributed by atoms with Crippen molar-refractivity contribution < 1.29 is 19.3 Å². The average molecular weight is 254 g/mol. The summed E-state index contributed by atoms with van der Waals surface area (Å²) in [5.41, 5.74) is 0.550. The van der Waals surface area contributed by atoms with Crippen molar-refractivity contribution >= 4 is 0 Å². The van der Waals surface area contributed by atoms with Crippen LogP contribution in [0.5, 0.6) is 5.75 Å². The molecule has 2 N–H and O–H groups in total. The minimum absolute atomic E-state index is 0.307. The number of hydrogen-bond acceptors (Lipinski definition) is 3. The molecule has 1 saturated carbocycles. The van der Waals surface area contributed by atoms with E-state index in [1.807, 2.05) is 0 Å². The smallest absolute Gasteiger partial charge is 0.128 e. The minimum atomic E-state index is -0.721. The largest absolute Gasteiger partial charge is 0.487 e. The second-order valence-corrected chi connectivity index (χ2v) is 4.87. The van der Waals surface area contributed by atoms with E-state index < -0.39 is 18.0 Å². The molecular formula is C14H19FO3.